The van der Waals surface area contributed by atoms with E-state index in [0.717, 1.165) is 4.47 Å². The molecule has 0 aliphatic carbocycles. The third kappa shape index (κ3) is 4.73. The molecule has 0 aliphatic rings. The zero-order valence-electron chi connectivity index (χ0n) is 14.2. The van der Waals surface area contributed by atoms with E-state index in [1.165, 1.54) is 34.9 Å². The van der Waals surface area contributed by atoms with Gasteiger partial charge in [0.05, 0.1) is 29.8 Å². The lowest BCUT2D eigenvalue weighted by Crippen LogP contribution is -2.16. The van der Waals surface area contributed by atoms with Crippen molar-refractivity contribution in [2.75, 3.05) is 5.32 Å². The van der Waals surface area contributed by atoms with Gasteiger partial charge in [0.15, 0.2) is 6.73 Å². The Labute approximate surface area is 162 Å². The molecule has 9 nitrogen and oxygen atoms in total. The number of halogens is 1. The summed E-state index contributed by atoms with van der Waals surface area (Å²) in [6.07, 6.45) is 5.82. The van der Waals surface area contributed by atoms with Gasteiger partial charge in [0, 0.05) is 10.7 Å². The van der Waals surface area contributed by atoms with Crippen molar-refractivity contribution in [2.45, 2.75) is 19.7 Å². The average Bonchev–Trinajstić information content (AvgIpc) is 3.30. The molecule has 3 rings (SSSR count). The summed E-state index contributed by atoms with van der Waals surface area (Å²) in [5.74, 6) is -0.747. The topological polar surface area (TPSA) is 111 Å². The second-order valence-electron chi connectivity index (χ2n) is 5.67. The van der Waals surface area contributed by atoms with Crippen LogP contribution in [0.3, 0.4) is 0 Å². The number of anilines is 1. The third-order valence-corrected chi connectivity index (χ3v) is 4.21. The van der Waals surface area contributed by atoms with Gasteiger partial charge in [-0.1, -0.05) is 15.9 Å². The SMILES string of the molecule is CC(C(=O)O)n1cc(C(=O)Nc2cnn(COc3ccc(Br)cc3)c2)cn1. The quantitative estimate of drug-likeness (QED) is 0.592. The smallest absolute Gasteiger partial charge is 0.328 e. The number of nitrogens with one attached hydrogen (secondary N) is 1. The van der Waals surface area contributed by atoms with Gasteiger partial charge in [-0.2, -0.15) is 10.2 Å². The first-order valence-corrected chi connectivity index (χ1v) is 8.71. The zero-order chi connectivity index (χ0) is 19.4. The molecule has 0 spiro atoms. The molecule has 0 bridgehead atoms. The Bertz CT molecular complexity index is 950. The van der Waals surface area contributed by atoms with E-state index in [1.54, 1.807) is 6.20 Å². The molecule has 0 radical (unpaired) electrons. The first-order chi connectivity index (χ1) is 12.9. The van der Waals surface area contributed by atoms with E-state index in [1.807, 2.05) is 24.3 Å². The first-order valence-electron chi connectivity index (χ1n) is 7.91. The molecule has 1 unspecified atom stereocenters. The molecule has 1 atom stereocenters. The number of rotatable bonds is 7. The minimum Gasteiger partial charge on any atom is -0.480 e. The number of amides is 1. The van der Waals surface area contributed by atoms with E-state index in [0.29, 0.717) is 11.4 Å². The summed E-state index contributed by atoms with van der Waals surface area (Å²) in [6, 6.07) is 6.54. The fourth-order valence-corrected chi connectivity index (χ4v) is 2.42. The Balaban J connectivity index is 1.57. The van der Waals surface area contributed by atoms with Crippen LogP contribution in [-0.4, -0.2) is 36.5 Å². The highest BCUT2D eigenvalue weighted by atomic mass is 79.9. The fraction of sp³-hybridized carbons (Fsp3) is 0.176. The van der Waals surface area contributed by atoms with Crippen molar-refractivity contribution in [3.63, 3.8) is 0 Å². The fourth-order valence-electron chi connectivity index (χ4n) is 2.15. The van der Waals surface area contributed by atoms with E-state index < -0.39 is 17.9 Å². The maximum atomic E-state index is 12.3. The monoisotopic (exact) mass is 433 g/mol. The summed E-state index contributed by atoms with van der Waals surface area (Å²) < 4.78 is 9.31. The number of aromatic nitrogens is 4. The van der Waals surface area contributed by atoms with E-state index in [-0.39, 0.29) is 12.3 Å². The lowest BCUT2D eigenvalue weighted by molar-refractivity contribution is -0.140. The van der Waals surface area contributed by atoms with Crippen LogP contribution in [0.4, 0.5) is 5.69 Å². The summed E-state index contributed by atoms with van der Waals surface area (Å²) >= 11 is 3.35. The zero-order valence-corrected chi connectivity index (χ0v) is 15.8. The van der Waals surface area contributed by atoms with E-state index >= 15 is 0 Å². The lowest BCUT2D eigenvalue weighted by Gasteiger charge is -2.06. The number of aliphatic carboxylic acids is 1. The van der Waals surface area contributed by atoms with Gasteiger partial charge in [-0.15, -0.1) is 0 Å². The van der Waals surface area contributed by atoms with Crippen molar-refractivity contribution in [3.05, 3.63) is 59.1 Å². The molecule has 2 aromatic heterocycles. The highest BCUT2D eigenvalue weighted by molar-refractivity contribution is 9.10. The number of hydrogen-bond acceptors (Lipinski definition) is 5. The van der Waals surface area contributed by atoms with Crippen molar-refractivity contribution in [1.29, 1.82) is 0 Å². The number of nitrogens with zero attached hydrogens (tertiary/aromatic N) is 4. The highest BCUT2D eigenvalue weighted by Crippen LogP contribution is 2.17. The third-order valence-electron chi connectivity index (χ3n) is 3.69. The van der Waals surface area contributed by atoms with E-state index in [4.69, 9.17) is 9.84 Å². The predicted molar refractivity (Wildman–Crippen MR) is 99.5 cm³/mol. The Morgan fingerprint density at radius 1 is 1.22 bits per heavy atom. The van der Waals surface area contributed by atoms with Crippen LogP contribution in [0, 0.1) is 0 Å². The maximum absolute atomic E-state index is 12.3. The molecular weight excluding hydrogens is 418 g/mol. The van der Waals surface area contributed by atoms with Crippen LogP contribution >= 0.6 is 15.9 Å². The molecule has 140 valence electrons. The van der Waals surface area contributed by atoms with Gasteiger partial charge in [0.1, 0.15) is 11.8 Å². The van der Waals surface area contributed by atoms with Crippen LogP contribution < -0.4 is 10.1 Å². The molecule has 2 N–H and O–H groups in total. The Hall–Kier alpha value is -3.14. The van der Waals surface area contributed by atoms with Crippen molar-refractivity contribution in [3.8, 4) is 5.75 Å². The number of ether oxygens (including phenoxy) is 1. The minimum absolute atomic E-state index is 0.186. The van der Waals surface area contributed by atoms with Crippen molar-refractivity contribution < 1.29 is 19.4 Å². The van der Waals surface area contributed by atoms with Gasteiger partial charge in [0.25, 0.3) is 5.91 Å². The molecule has 0 fully saturated rings. The number of carbonyl (C=O) groups excluding carboxylic acids is 1. The minimum atomic E-state index is -1.03. The molecule has 1 aromatic carbocycles. The lowest BCUT2D eigenvalue weighted by atomic mass is 10.3. The number of hydrogen-bond donors (Lipinski definition) is 2. The van der Waals surface area contributed by atoms with Gasteiger partial charge >= 0.3 is 5.97 Å². The average molecular weight is 434 g/mol. The van der Waals surface area contributed by atoms with E-state index in [2.05, 4.69) is 31.4 Å². The van der Waals surface area contributed by atoms with Crippen LogP contribution in [0.1, 0.15) is 23.3 Å². The molecular formula is C17H16BrN5O4. The van der Waals surface area contributed by atoms with Crippen molar-refractivity contribution in [2.24, 2.45) is 0 Å². The number of carboxylic acid groups (broad SMARTS) is 1. The largest absolute Gasteiger partial charge is 0.480 e. The van der Waals surface area contributed by atoms with Crippen LogP contribution in [0.25, 0.3) is 0 Å². The van der Waals surface area contributed by atoms with Gasteiger partial charge in [-0.3, -0.25) is 9.48 Å². The maximum Gasteiger partial charge on any atom is 0.328 e. The molecule has 27 heavy (non-hydrogen) atoms. The van der Waals surface area contributed by atoms with Crippen molar-refractivity contribution in [1.82, 2.24) is 19.6 Å². The van der Waals surface area contributed by atoms with Gasteiger partial charge in [-0.05, 0) is 31.2 Å². The predicted octanol–water partition coefficient (Wildman–Crippen LogP) is 2.78. The van der Waals surface area contributed by atoms with Crippen LogP contribution in [-0.2, 0) is 11.5 Å². The molecule has 2 heterocycles. The van der Waals surface area contributed by atoms with Crippen LogP contribution in [0.15, 0.2) is 53.5 Å². The summed E-state index contributed by atoms with van der Waals surface area (Å²) in [5.41, 5.74) is 0.736. The molecule has 0 aliphatic heterocycles. The molecule has 1 amide bonds. The second kappa shape index (κ2) is 8.04. The second-order valence-corrected chi connectivity index (χ2v) is 6.59. The number of carboxylic acids is 1. The molecule has 3 aromatic rings. The van der Waals surface area contributed by atoms with Crippen LogP contribution in [0.5, 0.6) is 5.75 Å². The standard InChI is InChI=1S/C17H16BrN5O4/c1-11(17(25)26)23-8-12(6-20-23)16(24)21-14-7-19-22(9-14)10-27-15-4-2-13(18)3-5-15/h2-9,11H,10H2,1H3,(H,21,24)(H,25,26). The summed E-state index contributed by atoms with van der Waals surface area (Å²) in [4.78, 5) is 23.2. The van der Waals surface area contributed by atoms with Crippen LogP contribution in [0.2, 0.25) is 0 Å². The Morgan fingerprint density at radius 3 is 2.67 bits per heavy atom. The molecule has 0 saturated carbocycles. The summed E-state index contributed by atoms with van der Waals surface area (Å²) in [7, 11) is 0. The van der Waals surface area contributed by atoms with Gasteiger partial charge < -0.3 is 15.2 Å². The summed E-state index contributed by atoms with van der Waals surface area (Å²) in [5, 5.41) is 19.7. The van der Waals surface area contributed by atoms with Crippen molar-refractivity contribution >= 4 is 33.5 Å². The normalized spacial score (nSPS) is 11.8. The highest BCUT2D eigenvalue weighted by Gasteiger charge is 2.17. The molecule has 0 saturated heterocycles. The Kier molecular flexibility index (Phi) is 5.55. The first kappa shape index (κ1) is 18.6. The number of benzene rings is 1. The molecule has 10 heteroatoms. The van der Waals surface area contributed by atoms with Gasteiger partial charge in [-0.25, -0.2) is 9.48 Å². The Morgan fingerprint density at radius 2 is 1.96 bits per heavy atom. The number of carbonyl (C=O) groups is 2. The van der Waals surface area contributed by atoms with Gasteiger partial charge in [0.2, 0.25) is 0 Å². The summed E-state index contributed by atoms with van der Waals surface area (Å²) in [6.45, 7) is 1.66. The van der Waals surface area contributed by atoms with E-state index in [9.17, 15) is 9.59 Å².